The van der Waals surface area contributed by atoms with E-state index in [2.05, 4.69) is 10.5 Å². The molecule has 0 aliphatic heterocycles. The van der Waals surface area contributed by atoms with Crippen molar-refractivity contribution in [3.8, 4) is 11.5 Å². The Kier molecular flexibility index (Phi) is 4.33. The molecule has 0 aliphatic rings. The number of amides is 2. The molecule has 1 aromatic rings. The van der Waals surface area contributed by atoms with Crippen molar-refractivity contribution in [3.05, 3.63) is 23.8 Å². The van der Waals surface area contributed by atoms with Gasteiger partial charge in [0.05, 0.1) is 19.9 Å². The Labute approximate surface area is 99.4 Å². The van der Waals surface area contributed by atoms with Gasteiger partial charge in [-0.1, -0.05) is 0 Å². The van der Waals surface area contributed by atoms with Gasteiger partial charge in [-0.2, -0.15) is 5.10 Å². The monoisotopic (exact) mass is 237 g/mol. The van der Waals surface area contributed by atoms with E-state index >= 15 is 0 Å². The molecule has 0 atom stereocenters. The smallest absolute Gasteiger partial charge is 0.332 e. The lowest BCUT2D eigenvalue weighted by atomic mass is 10.1. The Morgan fingerprint density at radius 2 is 1.94 bits per heavy atom. The number of hydrogen-bond acceptors (Lipinski definition) is 4. The second kappa shape index (κ2) is 5.74. The van der Waals surface area contributed by atoms with Crippen LogP contribution in [-0.2, 0) is 0 Å². The predicted octanol–water partition coefficient (Wildman–Crippen LogP) is 1.10. The number of carbonyl (C=O) groups is 1. The summed E-state index contributed by atoms with van der Waals surface area (Å²) in [5, 5.41) is 3.82. The Morgan fingerprint density at radius 1 is 1.29 bits per heavy atom. The molecule has 0 spiro atoms. The van der Waals surface area contributed by atoms with Gasteiger partial charge in [-0.05, 0) is 25.1 Å². The first-order valence-corrected chi connectivity index (χ1v) is 4.90. The van der Waals surface area contributed by atoms with E-state index < -0.39 is 6.03 Å². The zero-order valence-corrected chi connectivity index (χ0v) is 9.98. The van der Waals surface area contributed by atoms with Crippen molar-refractivity contribution >= 4 is 11.7 Å². The molecule has 92 valence electrons. The molecule has 0 saturated carbocycles. The summed E-state index contributed by atoms with van der Waals surface area (Å²) in [6, 6.07) is 4.63. The summed E-state index contributed by atoms with van der Waals surface area (Å²) in [6.45, 7) is 1.75. The Hall–Kier alpha value is -2.24. The second-order valence-corrected chi connectivity index (χ2v) is 3.24. The molecule has 0 aliphatic carbocycles. The predicted molar refractivity (Wildman–Crippen MR) is 64.5 cm³/mol. The number of hydrogen-bond donors (Lipinski definition) is 2. The van der Waals surface area contributed by atoms with E-state index in [9.17, 15) is 4.79 Å². The number of benzene rings is 1. The summed E-state index contributed by atoms with van der Waals surface area (Å²) in [5.74, 6) is 1.23. The lowest BCUT2D eigenvalue weighted by Crippen LogP contribution is -2.25. The first-order valence-electron chi connectivity index (χ1n) is 4.90. The number of ether oxygens (including phenoxy) is 2. The zero-order chi connectivity index (χ0) is 12.8. The fourth-order valence-corrected chi connectivity index (χ4v) is 1.26. The summed E-state index contributed by atoms with van der Waals surface area (Å²) < 4.78 is 10.3. The van der Waals surface area contributed by atoms with Crippen molar-refractivity contribution in [2.45, 2.75) is 6.92 Å². The van der Waals surface area contributed by atoms with Gasteiger partial charge in [0.25, 0.3) is 0 Å². The number of primary amides is 1. The van der Waals surface area contributed by atoms with Gasteiger partial charge in [0.15, 0.2) is 11.5 Å². The first kappa shape index (κ1) is 12.8. The molecule has 1 rings (SSSR count). The maximum atomic E-state index is 10.5. The van der Waals surface area contributed by atoms with Gasteiger partial charge < -0.3 is 15.2 Å². The third-order valence-electron chi connectivity index (χ3n) is 2.14. The average molecular weight is 237 g/mol. The first-order chi connectivity index (χ1) is 8.08. The zero-order valence-electron chi connectivity index (χ0n) is 9.98. The maximum absolute atomic E-state index is 10.5. The van der Waals surface area contributed by atoms with Crippen LogP contribution in [0.3, 0.4) is 0 Å². The molecule has 0 radical (unpaired) electrons. The standard InChI is InChI=1S/C11H15N3O3/c1-7(13-14-11(12)15)8-4-5-9(16-2)10(6-8)17-3/h4-6H,1-3H3,(H3,12,14,15)/b13-7-. The summed E-state index contributed by atoms with van der Waals surface area (Å²) in [7, 11) is 3.11. The summed E-state index contributed by atoms with van der Waals surface area (Å²) >= 11 is 0. The molecule has 6 nitrogen and oxygen atoms in total. The van der Waals surface area contributed by atoms with Crippen LogP contribution in [-0.4, -0.2) is 26.0 Å². The van der Waals surface area contributed by atoms with Gasteiger partial charge >= 0.3 is 6.03 Å². The molecular weight excluding hydrogens is 222 g/mol. The van der Waals surface area contributed by atoms with E-state index in [1.165, 1.54) is 0 Å². The van der Waals surface area contributed by atoms with Crippen molar-refractivity contribution in [1.29, 1.82) is 0 Å². The van der Waals surface area contributed by atoms with Crippen LogP contribution in [0.5, 0.6) is 11.5 Å². The average Bonchev–Trinajstić information content (AvgIpc) is 2.34. The van der Waals surface area contributed by atoms with E-state index in [4.69, 9.17) is 15.2 Å². The van der Waals surface area contributed by atoms with E-state index in [1.54, 1.807) is 33.3 Å². The van der Waals surface area contributed by atoms with Crippen molar-refractivity contribution in [2.24, 2.45) is 10.8 Å². The van der Waals surface area contributed by atoms with Crippen LogP contribution < -0.4 is 20.6 Å². The molecule has 0 fully saturated rings. The highest BCUT2D eigenvalue weighted by atomic mass is 16.5. The van der Waals surface area contributed by atoms with Gasteiger partial charge in [-0.15, -0.1) is 0 Å². The summed E-state index contributed by atoms with van der Waals surface area (Å²) in [5.41, 5.74) is 8.50. The molecule has 0 aromatic heterocycles. The Balaban J connectivity index is 2.99. The number of nitrogens with one attached hydrogen (secondary N) is 1. The highest BCUT2D eigenvalue weighted by molar-refractivity contribution is 5.99. The van der Waals surface area contributed by atoms with Crippen LogP contribution in [0.25, 0.3) is 0 Å². The molecule has 2 amide bonds. The fourth-order valence-electron chi connectivity index (χ4n) is 1.26. The van der Waals surface area contributed by atoms with Gasteiger partial charge in [0, 0.05) is 5.56 Å². The van der Waals surface area contributed by atoms with Crippen LogP contribution in [0.15, 0.2) is 23.3 Å². The van der Waals surface area contributed by atoms with E-state index in [0.29, 0.717) is 17.2 Å². The largest absolute Gasteiger partial charge is 0.493 e. The van der Waals surface area contributed by atoms with Gasteiger partial charge in [-0.25, -0.2) is 10.2 Å². The van der Waals surface area contributed by atoms with E-state index in [-0.39, 0.29) is 0 Å². The SMILES string of the molecule is COc1ccc(/C(C)=N\NC(N)=O)cc1OC. The number of rotatable bonds is 4. The van der Waals surface area contributed by atoms with E-state index in [1.807, 2.05) is 6.07 Å². The molecule has 0 heterocycles. The second-order valence-electron chi connectivity index (χ2n) is 3.24. The van der Waals surface area contributed by atoms with Crippen molar-refractivity contribution < 1.29 is 14.3 Å². The molecule has 0 saturated heterocycles. The lowest BCUT2D eigenvalue weighted by Gasteiger charge is -2.09. The number of nitrogens with zero attached hydrogens (tertiary/aromatic N) is 1. The topological polar surface area (TPSA) is 85.9 Å². The third-order valence-corrected chi connectivity index (χ3v) is 2.14. The molecule has 6 heteroatoms. The molecular formula is C11H15N3O3. The van der Waals surface area contributed by atoms with Crippen LogP contribution in [0, 0.1) is 0 Å². The van der Waals surface area contributed by atoms with Gasteiger partial charge in [0.1, 0.15) is 0 Å². The number of carbonyl (C=O) groups excluding carboxylic acids is 1. The minimum Gasteiger partial charge on any atom is -0.493 e. The molecule has 1 aromatic carbocycles. The normalized spacial score (nSPS) is 10.9. The molecule has 3 N–H and O–H groups in total. The van der Waals surface area contributed by atoms with Crippen molar-refractivity contribution in [3.63, 3.8) is 0 Å². The van der Waals surface area contributed by atoms with Gasteiger partial charge in [0.2, 0.25) is 0 Å². The lowest BCUT2D eigenvalue weighted by molar-refractivity contribution is 0.249. The molecule has 17 heavy (non-hydrogen) atoms. The number of nitrogens with two attached hydrogens (primary N) is 1. The highest BCUT2D eigenvalue weighted by Crippen LogP contribution is 2.27. The van der Waals surface area contributed by atoms with Crippen molar-refractivity contribution in [1.82, 2.24) is 5.43 Å². The fraction of sp³-hybridized carbons (Fsp3) is 0.273. The Morgan fingerprint density at radius 3 is 2.47 bits per heavy atom. The number of urea groups is 1. The van der Waals surface area contributed by atoms with E-state index in [0.717, 1.165) is 5.56 Å². The van der Waals surface area contributed by atoms with Crippen LogP contribution in [0.4, 0.5) is 4.79 Å². The third kappa shape index (κ3) is 3.37. The summed E-state index contributed by atoms with van der Waals surface area (Å²) in [4.78, 5) is 10.5. The Bertz CT molecular complexity index is 444. The van der Waals surface area contributed by atoms with Gasteiger partial charge in [-0.3, -0.25) is 0 Å². The van der Waals surface area contributed by atoms with Crippen molar-refractivity contribution in [2.75, 3.05) is 14.2 Å². The maximum Gasteiger partial charge on any atom is 0.332 e. The van der Waals surface area contributed by atoms with Crippen LogP contribution in [0.2, 0.25) is 0 Å². The molecule has 0 unspecified atom stereocenters. The molecule has 0 bridgehead atoms. The minimum atomic E-state index is -0.704. The van der Waals surface area contributed by atoms with Crippen LogP contribution >= 0.6 is 0 Å². The minimum absolute atomic E-state index is 0.596. The highest BCUT2D eigenvalue weighted by Gasteiger charge is 2.06. The quantitative estimate of drug-likeness (QED) is 0.607. The van der Waals surface area contributed by atoms with Crippen LogP contribution in [0.1, 0.15) is 12.5 Å². The number of hydrazone groups is 1. The summed E-state index contributed by atoms with van der Waals surface area (Å²) in [6.07, 6.45) is 0. The number of methoxy groups -OCH3 is 2.